The summed E-state index contributed by atoms with van der Waals surface area (Å²) in [5.74, 6) is -1.51. The average Bonchev–Trinajstić information content (AvgIpc) is 2.40. The molecule has 1 fully saturated rings. The maximum absolute atomic E-state index is 11.1. The largest absolute Gasteiger partial charge is 0.481 e. The Hall–Kier alpha value is -1.39. The highest BCUT2D eigenvalue weighted by Gasteiger charge is 2.39. The van der Waals surface area contributed by atoms with E-state index in [0.717, 1.165) is 19.5 Å². The number of aliphatic hydroxyl groups is 1. The molecule has 2 N–H and O–H groups in total. The van der Waals surface area contributed by atoms with Crippen molar-refractivity contribution >= 4 is 5.97 Å². The molecule has 1 aliphatic heterocycles. The number of carboxylic acids is 1. The van der Waals surface area contributed by atoms with Gasteiger partial charge in [-0.3, -0.25) is 9.69 Å². The molecular weight excluding hydrogens is 242 g/mol. The van der Waals surface area contributed by atoms with Gasteiger partial charge in [0.05, 0.1) is 12.0 Å². The molecule has 1 heterocycles. The van der Waals surface area contributed by atoms with Crippen molar-refractivity contribution in [2.45, 2.75) is 38.5 Å². The Balaban J connectivity index is 2.08. The van der Waals surface area contributed by atoms with Gasteiger partial charge >= 0.3 is 5.97 Å². The van der Waals surface area contributed by atoms with Crippen LogP contribution < -0.4 is 0 Å². The average molecular weight is 263 g/mol. The van der Waals surface area contributed by atoms with Crippen LogP contribution >= 0.6 is 0 Å². The van der Waals surface area contributed by atoms with Gasteiger partial charge in [0.15, 0.2) is 0 Å². The predicted molar refractivity (Wildman–Crippen MR) is 72.7 cm³/mol. The third kappa shape index (κ3) is 3.14. The quantitative estimate of drug-likeness (QED) is 0.868. The molecule has 1 unspecified atom stereocenters. The summed E-state index contributed by atoms with van der Waals surface area (Å²) in [6, 6.07) is 10.0. The molecule has 4 nitrogen and oxygen atoms in total. The lowest BCUT2D eigenvalue weighted by molar-refractivity contribution is -0.151. The Bertz CT molecular complexity index is 421. The summed E-state index contributed by atoms with van der Waals surface area (Å²) in [6.07, 6.45) is 0.498. The van der Waals surface area contributed by atoms with E-state index in [2.05, 4.69) is 17.0 Å². The molecule has 104 valence electrons. The van der Waals surface area contributed by atoms with Gasteiger partial charge in [-0.1, -0.05) is 37.3 Å². The van der Waals surface area contributed by atoms with Gasteiger partial charge in [-0.2, -0.15) is 0 Å². The summed E-state index contributed by atoms with van der Waals surface area (Å²) in [7, 11) is 0. The minimum Gasteiger partial charge on any atom is -0.481 e. The van der Waals surface area contributed by atoms with E-state index < -0.39 is 18.0 Å². The zero-order chi connectivity index (χ0) is 13.8. The molecular formula is C15H21NO3. The van der Waals surface area contributed by atoms with Crippen molar-refractivity contribution in [3.8, 4) is 0 Å². The maximum atomic E-state index is 11.1. The van der Waals surface area contributed by atoms with Crippen molar-refractivity contribution in [3.63, 3.8) is 0 Å². The number of nitrogens with zero attached hydrogens (tertiary/aromatic N) is 1. The number of benzene rings is 1. The zero-order valence-corrected chi connectivity index (χ0v) is 11.2. The molecule has 1 aromatic rings. The first-order valence-corrected chi connectivity index (χ1v) is 6.82. The van der Waals surface area contributed by atoms with Crippen molar-refractivity contribution in [1.29, 1.82) is 0 Å². The lowest BCUT2D eigenvalue weighted by Crippen LogP contribution is -2.53. The summed E-state index contributed by atoms with van der Waals surface area (Å²) in [4.78, 5) is 13.3. The summed E-state index contributed by atoms with van der Waals surface area (Å²) >= 11 is 0. The first kappa shape index (κ1) is 14.0. The topological polar surface area (TPSA) is 60.8 Å². The highest BCUT2D eigenvalue weighted by Crippen LogP contribution is 2.27. The number of aliphatic carboxylic acids is 1. The molecule has 0 spiro atoms. The minimum absolute atomic E-state index is 0.0740. The van der Waals surface area contributed by atoms with Crippen molar-refractivity contribution in [1.82, 2.24) is 4.90 Å². The number of piperidine rings is 1. The Labute approximate surface area is 113 Å². The first-order chi connectivity index (χ1) is 9.13. The van der Waals surface area contributed by atoms with Crippen molar-refractivity contribution in [2.24, 2.45) is 5.92 Å². The van der Waals surface area contributed by atoms with Gasteiger partial charge in [0, 0.05) is 12.6 Å². The molecule has 0 aromatic heterocycles. The van der Waals surface area contributed by atoms with E-state index in [-0.39, 0.29) is 6.04 Å². The predicted octanol–water partition coefficient (Wildman–Crippen LogP) is 1.73. The van der Waals surface area contributed by atoms with E-state index >= 15 is 0 Å². The van der Waals surface area contributed by atoms with Crippen LogP contribution in [0.4, 0.5) is 0 Å². The number of rotatable bonds is 4. The van der Waals surface area contributed by atoms with Crippen LogP contribution in [0.3, 0.4) is 0 Å². The van der Waals surface area contributed by atoms with Crippen LogP contribution in [-0.2, 0) is 11.3 Å². The van der Waals surface area contributed by atoms with E-state index in [1.165, 1.54) is 5.56 Å². The molecule has 0 aliphatic carbocycles. The summed E-state index contributed by atoms with van der Waals surface area (Å²) in [6.45, 7) is 3.49. The maximum Gasteiger partial charge on any atom is 0.309 e. The van der Waals surface area contributed by atoms with E-state index in [9.17, 15) is 9.90 Å². The van der Waals surface area contributed by atoms with Crippen molar-refractivity contribution in [2.75, 3.05) is 6.54 Å². The Morgan fingerprint density at radius 3 is 2.63 bits per heavy atom. The zero-order valence-electron chi connectivity index (χ0n) is 11.2. The van der Waals surface area contributed by atoms with Crippen molar-refractivity contribution < 1.29 is 15.0 Å². The highest BCUT2D eigenvalue weighted by molar-refractivity contribution is 5.71. The number of likely N-dealkylation sites (tertiary alicyclic amines) is 1. The van der Waals surface area contributed by atoms with Crippen LogP contribution in [-0.4, -0.2) is 39.8 Å². The highest BCUT2D eigenvalue weighted by atomic mass is 16.4. The molecule has 1 aromatic carbocycles. The Morgan fingerprint density at radius 1 is 1.37 bits per heavy atom. The lowest BCUT2D eigenvalue weighted by Gasteiger charge is -2.41. The van der Waals surface area contributed by atoms with Gasteiger partial charge < -0.3 is 10.2 Å². The molecule has 0 amide bonds. The molecule has 0 radical (unpaired) electrons. The fraction of sp³-hybridized carbons (Fsp3) is 0.533. The lowest BCUT2D eigenvalue weighted by atomic mass is 9.86. The van der Waals surface area contributed by atoms with Gasteiger partial charge in [0.25, 0.3) is 0 Å². The van der Waals surface area contributed by atoms with Crippen LogP contribution in [0.1, 0.15) is 25.3 Å². The molecule has 19 heavy (non-hydrogen) atoms. The van der Waals surface area contributed by atoms with Crippen LogP contribution in [0.5, 0.6) is 0 Å². The van der Waals surface area contributed by atoms with E-state index in [1.54, 1.807) is 0 Å². The van der Waals surface area contributed by atoms with Gasteiger partial charge in [-0.25, -0.2) is 0 Å². The fourth-order valence-corrected chi connectivity index (χ4v) is 2.91. The number of hydrogen-bond acceptors (Lipinski definition) is 3. The van der Waals surface area contributed by atoms with E-state index in [0.29, 0.717) is 6.42 Å². The van der Waals surface area contributed by atoms with Crippen LogP contribution in [0.25, 0.3) is 0 Å². The molecule has 2 rings (SSSR count). The molecule has 3 atom stereocenters. The third-order valence-corrected chi connectivity index (χ3v) is 3.97. The normalized spacial score (nSPS) is 28.2. The van der Waals surface area contributed by atoms with Crippen molar-refractivity contribution in [3.05, 3.63) is 35.9 Å². The fourth-order valence-electron chi connectivity index (χ4n) is 2.91. The second kappa shape index (κ2) is 6.17. The molecule has 1 saturated heterocycles. The van der Waals surface area contributed by atoms with Gasteiger partial charge in [0.1, 0.15) is 0 Å². The van der Waals surface area contributed by atoms with E-state index in [4.69, 9.17) is 5.11 Å². The van der Waals surface area contributed by atoms with Crippen LogP contribution in [0, 0.1) is 5.92 Å². The number of carbonyl (C=O) groups is 1. The monoisotopic (exact) mass is 263 g/mol. The summed E-state index contributed by atoms with van der Waals surface area (Å²) in [5.41, 5.74) is 1.20. The van der Waals surface area contributed by atoms with Crippen LogP contribution in [0.2, 0.25) is 0 Å². The van der Waals surface area contributed by atoms with E-state index in [1.807, 2.05) is 25.1 Å². The Morgan fingerprint density at radius 2 is 2.05 bits per heavy atom. The van der Waals surface area contributed by atoms with Crippen LogP contribution in [0.15, 0.2) is 30.3 Å². The summed E-state index contributed by atoms with van der Waals surface area (Å²) < 4.78 is 0. The summed E-state index contributed by atoms with van der Waals surface area (Å²) in [5, 5.41) is 19.3. The van der Waals surface area contributed by atoms with Gasteiger partial charge in [-0.05, 0) is 24.9 Å². The minimum atomic E-state index is -0.884. The standard InChI is InChI=1S/C15H21NO3/c1-2-13-14(17)12(15(18)19)8-9-16(13)10-11-6-4-3-5-7-11/h3-7,12-14,17H,2,8-10H2,1H3,(H,18,19)/t12-,13?,14-/m1/s1. The Kier molecular flexibility index (Phi) is 4.56. The second-order valence-corrected chi connectivity index (χ2v) is 5.16. The first-order valence-electron chi connectivity index (χ1n) is 6.82. The smallest absolute Gasteiger partial charge is 0.309 e. The SMILES string of the molecule is CCC1[C@H](O)[C@H](C(=O)O)CCN1Cc1ccccc1. The van der Waals surface area contributed by atoms with Gasteiger partial charge in [-0.15, -0.1) is 0 Å². The molecule has 4 heteroatoms. The second-order valence-electron chi connectivity index (χ2n) is 5.16. The number of carboxylic acid groups (broad SMARTS) is 1. The van der Waals surface area contributed by atoms with Gasteiger partial charge in [0.2, 0.25) is 0 Å². The third-order valence-electron chi connectivity index (χ3n) is 3.97. The molecule has 1 aliphatic rings. The number of aliphatic hydroxyl groups excluding tert-OH is 1. The number of hydrogen-bond donors (Lipinski definition) is 2. The molecule has 0 saturated carbocycles. The molecule has 0 bridgehead atoms.